The summed E-state index contributed by atoms with van der Waals surface area (Å²) in [5, 5.41) is 10.5. The predicted octanol–water partition coefficient (Wildman–Crippen LogP) is 4.29. The summed E-state index contributed by atoms with van der Waals surface area (Å²) in [6, 6.07) is 5.21. The second kappa shape index (κ2) is 7.00. The van der Waals surface area contributed by atoms with Gasteiger partial charge in [-0.2, -0.15) is 0 Å². The number of likely N-dealkylation sites (tertiary alicyclic amines) is 1. The standard InChI is InChI=1S/C21H23NO4/c1-14-11-17(23)16(13-22-8-4-2-3-5-9-22)21-19(14)20(24)18(26-21)12-15-7-6-10-25-15/h6-7,10-12,23H,2-5,8-9,13H2,1H3/b18-12-. The van der Waals surface area contributed by atoms with Crippen LogP contribution in [-0.4, -0.2) is 28.9 Å². The van der Waals surface area contributed by atoms with Gasteiger partial charge in [-0.3, -0.25) is 9.69 Å². The molecule has 2 aromatic rings. The minimum absolute atomic E-state index is 0.161. The predicted molar refractivity (Wildman–Crippen MR) is 98.2 cm³/mol. The molecule has 5 heteroatoms. The highest BCUT2D eigenvalue weighted by molar-refractivity contribution is 6.15. The van der Waals surface area contributed by atoms with E-state index in [0.29, 0.717) is 29.2 Å². The van der Waals surface area contributed by atoms with Crippen LogP contribution in [0.2, 0.25) is 0 Å². The SMILES string of the molecule is Cc1cc(O)c(CN2CCCCCC2)c2c1C(=O)/C(=C/c1ccco1)O2. The number of ketones is 1. The zero-order valence-electron chi connectivity index (χ0n) is 15.0. The zero-order valence-corrected chi connectivity index (χ0v) is 15.0. The van der Waals surface area contributed by atoms with Crippen LogP contribution in [0.4, 0.5) is 0 Å². The van der Waals surface area contributed by atoms with Crippen LogP contribution in [-0.2, 0) is 6.54 Å². The highest BCUT2D eigenvalue weighted by Crippen LogP contribution is 2.42. The van der Waals surface area contributed by atoms with Gasteiger partial charge in [0.25, 0.3) is 0 Å². The molecule has 1 saturated heterocycles. The number of aryl methyl sites for hydroxylation is 1. The molecule has 5 nitrogen and oxygen atoms in total. The average Bonchev–Trinajstić information content (AvgIpc) is 3.14. The molecule has 1 fully saturated rings. The summed E-state index contributed by atoms with van der Waals surface area (Å²) in [7, 11) is 0. The molecule has 136 valence electrons. The van der Waals surface area contributed by atoms with E-state index < -0.39 is 0 Å². The highest BCUT2D eigenvalue weighted by Gasteiger charge is 2.33. The number of hydrogen-bond donors (Lipinski definition) is 1. The quantitative estimate of drug-likeness (QED) is 0.834. The molecule has 1 aromatic heterocycles. The van der Waals surface area contributed by atoms with Gasteiger partial charge in [0.2, 0.25) is 5.78 Å². The van der Waals surface area contributed by atoms with E-state index in [1.54, 1.807) is 30.5 Å². The van der Waals surface area contributed by atoms with Crippen molar-refractivity contribution in [2.24, 2.45) is 0 Å². The maximum Gasteiger partial charge on any atom is 0.232 e. The molecule has 2 aliphatic rings. The number of phenols is 1. The molecule has 0 radical (unpaired) electrons. The molecular weight excluding hydrogens is 330 g/mol. The van der Waals surface area contributed by atoms with Crippen molar-refractivity contribution in [1.29, 1.82) is 0 Å². The number of aromatic hydroxyl groups is 1. The molecular formula is C21H23NO4. The number of furan rings is 1. The molecule has 0 aliphatic carbocycles. The normalized spacial score (nSPS) is 19.4. The number of nitrogens with zero attached hydrogens (tertiary/aromatic N) is 1. The minimum atomic E-state index is -0.161. The highest BCUT2D eigenvalue weighted by atomic mass is 16.5. The lowest BCUT2D eigenvalue weighted by molar-refractivity contribution is 0.101. The molecule has 0 atom stereocenters. The summed E-state index contributed by atoms with van der Waals surface area (Å²) >= 11 is 0. The average molecular weight is 353 g/mol. The third-order valence-corrected chi connectivity index (χ3v) is 5.12. The van der Waals surface area contributed by atoms with Gasteiger partial charge in [0, 0.05) is 12.6 Å². The first kappa shape index (κ1) is 16.9. The molecule has 2 aliphatic heterocycles. The Labute approximate surface area is 152 Å². The number of benzene rings is 1. The zero-order chi connectivity index (χ0) is 18.1. The Morgan fingerprint density at radius 1 is 1.23 bits per heavy atom. The number of ether oxygens (including phenoxy) is 1. The van der Waals surface area contributed by atoms with Crippen molar-refractivity contribution in [2.75, 3.05) is 13.1 Å². The Bertz CT molecular complexity index is 843. The molecule has 1 aromatic carbocycles. The maximum atomic E-state index is 12.8. The number of rotatable bonds is 3. The minimum Gasteiger partial charge on any atom is -0.507 e. The second-order valence-electron chi connectivity index (χ2n) is 7.04. The summed E-state index contributed by atoms with van der Waals surface area (Å²) in [6.07, 6.45) is 7.99. The molecule has 26 heavy (non-hydrogen) atoms. The summed E-state index contributed by atoms with van der Waals surface area (Å²) in [5.74, 6) is 1.33. The van der Waals surface area contributed by atoms with Crippen LogP contribution in [0.1, 0.15) is 52.9 Å². The number of fused-ring (bicyclic) bond motifs is 1. The Kier molecular flexibility index (Phi) is 4.55. The number of carbonyl (C=O) groups is 1. The van der Waals surface area contributed by atoms with Gasteiger partial charge < -0.3 is 14.3 Å². The summed E-state index contributed by atoms with van der Waals surface area (Å²) < 4.78 is 11.2. The lowest BCUT2D eigenvalue weighted by Crippen LogP contribution is -2.24. The summed E-state index contributed by atoms with van der Waals surface area (Å²) in [6.45, 7) is 4.43. The molecule has 0 saturated carbocycles. The Morgan fingerprint density at radius 2 is 2.00 bits per heavy atom. The Hall–Kier alpha value is -2.53. The fraction of sp³-hybridized carbons (Fsp3) is 0.381. The van der Waals surface area contributed by atoms with Crippen molar-refractivity contribution in [3.63, 3.8) is 0 Å². The Morgan fingerprint density at radius 3 is 2.69 bits per heavy atom. The van der Waals surface area contributed by atoms with Gasteiger partial charge in [0.15, 0.2) is 5.76 Å². The lowest BCUT2D eigenvalue weighted by atomic mass is 9.99. The molecule has 4 rings (SSSR count). The molecule has 0 amide bonds. The van der Waals surface area contributed by atoms with Crippen LogP contribution in [0.5, 0.6) is 11.5 Å². The lowest BCUT2D eigenvalue weighted by Gasteiger charge is -2.21. The van der Waals surface area contributed by atoms with Crippen molar-refractivity contribution >= 4 is 11.9 Å². The van der Waals surface area contributed by atoms with Gasteiger partial charge in [-0.25, -0.2) is 0 Å². The van der Waals surface area contributed by atoms with E-state index >= 15 is 0 Å². The van der Waals surface area contributed by atoms with Crippen LogP contribution in [0.3, 0.4) is 0 Å². The van der Waals surface area contributed by atoms with Gasteiger partial charge in [0.1, 0.15) is 17.3 Å². The van der Waals surface area contributed by atoms with E-state index in [0.717, 1.165) is 31.5 Å². The van der Waals surface area contributed by atoms with Gasteiger partial charge in [-0.05, 0) is 56.6 Å². The smallest absolute Gasteiger partial charge is 0.232 e. The van der Waals surface area contributed by atoms with E-state index in [-0.39, 0.29) is 17.3 Å². The van der Waals surface area contributed by atoms with Gasteiger partial charge in [-0.15, -0.1) is 0 Å². The van der Waals surface area contributed by atoms with Crippen molar-refractivity contribution in [3.05, 3.63) is 52.7 Å². The summed E-state index contributed by atoms with van der Waals surface area (Å²) in [5.41, 5.74) is 1.97. The molecule has 1 N–H and O–H groups in total. The third-order valence-electron chi connectivity index (χ3n) is 5.12. The number of allylic oxidation sites excluding steroid dienone is 1. The number of Topliss-reactive ketones (excluding diaryl/α,β-unsaturated/α-hetero) is 1. The van der Waals surface area contributed by atoms with E-state index in [4.69, 9.17) is 9.15 Å². The first-order chi connectivity index (χ1) is 12.6. The number of carbonyl (C=O) groups excluding carboxylic acids is 1. The first-order valence-electron chi connectivity index (χ1n) is 9.19. The van der Waals surface area contributed by atoms with Crippen LogP contribution < -0.4 is 4.74 Å². The summed E-state index contributed by atoms with van der Waals surface area (Å²) in [4.78, 5) is 15.2. The topological polar surface area (TPSA) is 62.9 Å². The molecule has 0 spiro atoms. The fourth-order valence-electron chi connectivity index (χ4n) is 3.75. The van der Waals surface area contributed by atoms with Crippen molar-refractivity contribution < 1.29 is 19.1 Å². The van der Waals surface area contributed by atoms with Crippen LogP contribution in [0, 0.1) is 6.92 Å². The number of hydrogen-bond acceptors (Lipinski definition) is 5. The van der Waals surface area contributed by atoms with Crippen LogP contribution in [0.25, 0.3) is 6.08 Å². The van der Waals surface area contributed by atoms with Gasteiger partial charge in [0.05, 0.1) is 17.4 Å². The van der Waals surface area contributed by atoms with Crippen molar-refractivity contribution in [2.45, 2.75) is 39.2 Å². The second-order valence-corrected chi connectivity index (χ2v) is 7.04. The molecule has 0 unspecified atom stereocenters. The molecule has 0 bridgehead atoms. The van der Waals surface area contributed by atoms with Crippen molar-refractivity contribution in [1.82, 2.24) is 4.90 Å². The van der Waals surface area contributed by atoms with E-state index in [9.17, 15) is 9.90 Å². The number of phenolic OH excluding ortho intramolecular Hbond substituents is 1. The third kappa shape index (κ3) is 3.15. The Balaban J connectivity index is 1.69. The van der Waals surface area contributed by atoms with E-state index in [1.165, 1.54) is 12.8 Å². The molecule has 3 heterocycles. The van der Waals surface area contributed by atoms with Crippen molar-refractivity contribution in [3.8, 4) is 11.5 Å². The van der Waals surface area contributed by atoms with Gasteiger partial charge >= 0.3 is 0 Å². The van der Waals surface area contributed by atoms with Crippen LogP contribution in [0.15, 0.2) is 34.6 Å². The first-order valence-corrected chi connectivity index (χ1v) is 9.19. The maximum absolute atomic E-state index is 12.8. The monoisotopic (exact) mass is 353 g/mol. The largest absolute Gasteiger partial charge is 0.507 e. The van der Waals surface area contributed by atoms with Crippen LogP contribution >= 0.6 is 0 Å². The fourth-order valence-corrected chi connectivity index (χ4v) is 3.75. The van der Waals surface area contributed by atoms with Gasteiger partial charge in [-0.1, -0.05) is 12.8 Å². The van der Waals surface area contributed by atoms with E-state index in [1.807, 2.05) is 6.92 Å². The van der Waals surface area contributed by atoms with E-state index in [2.05, 4.69) is 4.90 Å².